The molecule has 1 aromatic heterocycles. The number of aliphatic hydroxyl groups excluding tert-OH is 5. The number of hydrogen-bond acceptors (Lipinski definition) is 12. The average molecular weight is 895 g/mol. The minimum absolute atomic E-state index is 0.0487. The summed E-state index contributed by atoms with van der Waals surface area (Å²) in [6, 6.07) is 2.26. The molecule has 65 heavy (non-hydrogen) atoms. The lowest BCUT2D eigenvalue weighted by Crippen LogP contribution is -2.64. The van der Waals surface area contributed by atoms with Crippen LogP contribution in [-0.4, -0.2) is 100 Å². The minimum Gasteiger partial charge on any atom is -0.459 e. The van der Waals surface area contributed by atoms with Gasteiger partial charge in [0.15, 0.2) is 0 Å². The summed E-state index contributed by atoms with van der Waals surface area (Å²) >= 11 is 0. The first-order valence-corrected chi connectivity index (χ1v) is 25.2. The second-order valence-electron chi connectivity index (χ2n) is 25.0. The number of ether oxygens (including phenoxy) is 4. The van der Waals surface area contributed by atoms with Crippen molar-refractivity contribution in [2.75, 3.05) is 6.61 Å². The van der Waals surface area contributed by atoms with Crippen molar-refractivity contribution in [1.29, 1.82) is 0 Å². The van der Waals surface area contributed by atoms with E-state index >= 15 is 0 Å². The van der Waals surface area contributed by atoms with Crippen LogP contribution in [0.4, 0.5) is 0 Å². The molecule has 7 aliphatic carbocycles. The van der Waals surface area contributed by atoms with Gasteiger partial charge in [0.2, 0.25) is 11.6 Å². The van der Waals surface area contributed by atoms with Gasteiger partial charge in [0, 0.05) is 47.5 Å². The van der Waals surface area contributed by atoms with Gasteiger partial charge >= 0.3 is 0 Å². The summed E-state index contributed by atoms with van der Waals surface area (Å²) in [5, 5.41) is 70.3. The van der Waals surface area contributed by atoms with E-state index in [4.69, 9.17) is 28.9 Å². The van der Waals surface area contributed by atoms with E-state index in [2.05, 4.69) is 32.9 Å². The van der Waals surface area contributed by atoms with Crippen LogP contribution >= 0.6 is 0 Å². The van der Waals surface area contributed by atoms with Crippen LogP contribution < -0.4 is 4.74 Å². The molecule has 12 heteroatoms. The summed E-state index contributed by atoms with van der Waals surface area (Å²) in [5.41, 5.74) is 5.86. The number of benzene rings is 1. The zero-order chi connectivity index (χ0) is 45.6. The monoisotopic (exact) mass is 895 g/mol. The Morgan fingerprint density at radius 1 is 0.754 bits per heavy atom. The van der Waals surface area contributed by atoms with Crippen LogP contribution in [0.25, 0.3) is 0 Å². The molecular formula is C53H70N2O10. The van der Waals surface area contributed by atoms with Gasteiger partial charge in [-0.2, -0.15) is 0 Å². The van der Waals surface area contributed by atoms with Crippen molar-refractivity contribution in [1.82, 2.24) is 9.97 Å². The first kappa shape index (κ1) is 42.6. The summed E-state index contributed by atoms with van der Waals surface area (Å²) in [6.45, 7) is 16.4. The van der Waals surface area contributed by atoms with E-state index < -0.39 is 70.2 Å². The Morgan fingerprint density at radius 3 is 2.15 bits per heavy atom. The molecule has 2 saturated carbocycles. The number of fused-ring (bicyclic) bond motifs is 13. The number of hydrogen-bond donors (Lipinski definition) is 6. The fraction of sp³-hybridized carbons (Fsp3) is 0.774. The Morgan fingerprint density at radius 2 is 1.46 bits per heavy atom. The molecule has 6 N–H and O–H groups in total. The van der Waals surface area contributed by atoms with Gasteiger partial charge in [-0.05, 0) is 136 Å². The summed E-state index contributed by atoms with van der Waals surface area (Å²) in [6.07, 6.45) is 7.12. The zero-order valence-electron chi connectivity index (χ0n) is 39.5. The van der Waals surface area contributed by atoms with E-state index in [1.54, 1.807) is 6.92 Å². The molecule has 0 amide bonds. The van der Waals surface area contributed by atoms with E-state index in [0.29, 0.717) is 31.1 Å². The topological polar surface area (TPSA) is 184 Å². The predicted molar refractivity (Wildman–Crippen MR) is 237 cm³/mol. The maximum absolute atomic E-state index is 12.9. The maximum atomic E-state index is 12.9. The lowest BCUT2D eigenvalue weighted by atomic mass is 9.44. The summed E-state index contributed by atoms with van der Waals surface area (Å²) in [7, 11) is 0. The zero-order valence-corrected chi connectivity index (χ0v) is 39.5. The smallest absolute Gasteiger partial charge is 0.240 e. The molecule has 0 bridgehead atoms. The number of rotatable bonds is 1. The van der Waals surface area contributed by atoms with E-state index in [1.807, 2.05) is 27.7 Å². The highest BCUT2D eigenvalue weighted by Gasteiger charge is 2.79. The van der Waals surface area contributed by atoms with Crippen molar-refractivity contribution >= 4 is 0 Å². The Kier molecular flexibility index (Phi) is 8.39. The first-order valence-electron chi connectivity index (χ1n) is 25.2. The van der Waals surface area contributed by atoms with Gasteiger partial charge in [-0.1, -0.05) is 46.3 Å². The SMILES string of the molecule is C[C@@H]1[C@]2(O[C@H]3C=C4[C@@H]5CC[C@H]6Cc7nc8c(nc7C[C@]6(C)[C@H]5C[C@@H](O)[C@]4(C)[C@]31O)C[C@@H]1CCc3c(cc4c5c3[C@H](O)C[C@@H]5[C@H](C)[C@]3(O4)OC(C)(C)C[C@H]3O)[C@@]1(C)C8)O[C@](C)(CO)C[C@H]2O. The van der Waals surface area contributed by atoms with Gasteiger partial charge in [-0.15, -0.1) is 0 Å². The van der Waals surface area contributed by atoms with Gasteiger partial charge in [0.1, 0.15) is 29.7 Å². The van der Waals surface area contributed by atoms with E-state index in [0.717, 1.165) is 96.6 Å². The molecule has 12 nitrogen and oxygen atoms in total. The van der Waals surface area contributed by atoms with Crippen molar-refractivity contribution in [3.05, 3.63) is 62.7 Å². The van der Waals surface area contributed by atoms with Crippen LogP contribution in [-0.2, 0) is 51.7 Å². The molecule has 4 aliphatic heterocycles. The second-order valence-corrected chi connectivity index (χ2v) is 25.0. The van der Waals surface area contributed by atoms with Crippen molar-refractivity contribution in [2.45, 2.75) is 203 Å². The van der Waals surface area contributed by atoms with Crippen LogP contribution in [0.5, 0.6) is 5.75 Å². The molecule has 0 radical (unpaired) electrons. The Hall–Kier alpha value is -2.52. The molecule has 0 unspecified atom stereocenters. The molecule has 19 atom stereocenters. The molecule has 1 aromatic carbocycles. The third-order valence-electron chi connectivity index (χ3n) is 21.4. The lowest BCUT2D eigenvalue weighted by Gasteiger charge is -2.61. The highest BCUT2D eigenvalue weighted by Crippen LogP contribution is 2.71. The van der Waals surface area contributed by atoms with Crippen LogP contribution in [0.1, 0.15) is 157 Å². The molecule has 5 heterocycles. The Labute approximate surface area is 382 Å². The van der Waals surface area contributed by atoms with Crippen molar-refractivity contribution in [3.8, 4) is 5.75 Å². The van der Waals surface area contributed by atoms with E-state index in [-0.39, 0.29) is 47.5 Å². The normalized spacial score (nSPS) is 52.4. The number of nitrogens with zero attached hydrogens (tertiary/aromatic N) is 2. The number of aliphatic hydroxyl groups is 6. The molecule has 11 aliphatic rings. The predicted octanol–water partition coefficient (Wildman–Crippen LogP) is 5.35. The quantitative estimate of drug-likeness (QED) is 0.202. The molecule has 2 spiro atoms. The lowest BCUT2D eigenvalue weighted by molar-refractivity contribution is -0.280. The third-order valence-corrected chi connectivity index (χ3v) is 21.4. The molecular weight excluding hydrogens is 825 g/mol. The van der Waals surface area contributed by atoms with Gasteiger partial charge in [-0.25, -0.2) is 0 Å². The number of aromatic nitrogens is 2. The average Bonchev–Trinajstić information content (AvgIpc) is 3.94. The van der Waals surface area contributed by atoms with Gasteiger partial charge in [-0.3, -0.25) is 9.97 Å². The van der Waals surface area contributed by atoms with Gasteiger partial charge < -0.3 is 49.6 Å². The van der Waals surface area contributed by atoms with Crippen LogP contribution in [0, 0.1) is 46.3 Å². The van der Waals surface area contributed by atoms with E-state index in [1.165, 1.54) is 11.1 Å². The summed E-state index contributed by atoms with van der Waals surface area (Å²) in [5.74, 6) is -1.52. The summed E-state index contributed by atoms with van der Waals surface area (Å²) < 4.78 is 26.6. The largest absolute Gasteiger partial charge is 0.459 e. The highest BCUT2D eigenvalue weighted by molar-refractivity contribution is 5.60. The maximum Gasteiger partial charge on any atom is 0.240 e. The van der Waals surface area contributed by atoms with Gasteiger partial charge in [0.25, 0.3) is 0 Å². The Bertz CT molecular complexity index is 2480. The standard InChI is InChI=1S/C53H70N2O10/c1-24-30-15-38(57)44-29-12-10-27-14-35-36(19-48(27,6)31(29)16-39(45(30)44)62-52(24)41(59)21-46(3,4)64-52)54-34-13-26-9-11-28-32(49(26,7)20-37(34)55-35)17-40(58)50(8)33(28)18-43-51(50,61)25(2)53(63-43)42(60)22-47(5,23-56)65-53/h16,18,24-28,30,32,38,40-43,56-61H,9-15,17,19-23H2,1-8H3/t24-,25-,26-,27-,28+,30+,32-,38+,40+,41+,42+,43-,47-,48-,49-,50+,51+,52-,53-/m0/s1. The van der Waals surface area contributed by atoms with Crippen molar-refractivity contribution in [3.63, 3.8) is 0 Å². The fourth-order valence-electron chi connectivity index (χ4n) is 17.8. The third kappa shape index (κ3) is 4.96. The van der Waals surface area contributed by atoms with Crippen LogP contribution in [0.15, 0.2) is 17.7 Å². The second kappa shape index (κ2) is 12.8. The van der Waals surface area contributed by atoms with Crippen molar-refractivity contribution < 1.29 is 49.6 Å². The van der Waals surface area contributed by atoms with Crippen molar-refractivity contribution in [2.24, 2.45) is 46.3 Å². The molecule has 352 valence electrons. The highest BCUT2D eigenvalue weighted by atomic mass is 16.7. The summed E-state index contributed by atoms with van der Waals surface area (Å²) in [4.78, 5) is 11.1. The van der Waals surface area contributed by atoms with Gasteiger partial charge in [0.05, 0.1) is 52.8 Å². The fourth-order valence-corrected chi connectivity index (χ4v) is 17.8. The molecule has 13 rings (SSSR count). The molecule has 5 fully saturated rings. The van der Waals surface area contributed by atoms with E-state index in [9.17, 15) is 30.6 Å². The molecule has 3 saturated heterocycles. The van der Waals surface area contributed by atoms with Crippen LogP contribution in [0.3, 0.4) is 0 Å². The Balaban J connectivity index is 0.811. The molecule has 2 aromatic rings. The first-order chi connectivity index (χ1) is 30.6. The van der Waals surface area contributed by atoms with Crippen LogP contribution in [0.2, 0.25) is 0 Å². The minimum atomic E-state index is -1.50.